The van der Waals surface area contributed by atoms with Crippen molar-refractivity contribution in [2.24, 2.45) is 0 Å². The Bertz CT molecular complexity index is 223. The molecule has 0 atom stereocenters. The molecule has 2 N–H and O–H groups in total. The first-order valence-electron chi connectivity index (χ1n) is 3.97. The summed E-state index contributed by atoms with van der Waals surface area (Å²) in [6.45, 7) is 2.20. The van der Waals surface area contributed by atoms with E-state index in [-0.39, 0.29) is 0 Å². The lowest BCUT2D eigenvalue weighted by Gasteiger charge is -1.93. The number of benzene rings is 1. The highest BCUT2D eigenvalue weighted by Gasteiger charge is 1.84. The normalized spacial score (nSPS) is 7.75. The Morgan fingerprint density at radius 2 is 1.67 bits per heavy atom. The van der Waals surface area contributed by atoms with Gasteiger partial charge >= 0.3 is 0 Å². The predicted molar refractivity (Wildman–Crippen MR) is 50.9 cm³/mol. The Kier molecular flexibility index (Phi) is 6.81. The lowest BCUT2D eigenvalue weighted by molar-refractivity contribution is 0.922. The summed E-state index contributed by atoms with van der Waals surface area (Å²) < 4.78 is 0. The van der Waals surface area contributed by atoms with Crippen LogP contribution in [0.2, 0.25) is 0 Å². The molecule has 1 aromatic carbocycles. The van der Waals surface area contributed by atoms with Crippen LogP contribution < -0.4 is 0 Å². The lowest BCUT2D eigenvalue weighted by atomic mass is 10.1. The van der Waals surface area contributed by atoms with Gasteiger partial charge in [-0.25, -0.2) is 10.8 Å². The van der Waals surface area contributed by atoms with Crippen LogP contribution in [0.15, 0.2) is 30.3 Å². The molecule has 0 saturated carbocycles. The van der Waals surface area contributed by atoms with Crippen LogP contribution in [0, 0.1) is 10.8 Å². The number of hydrogen-bond acceptors (Lipinski definition) is 2. The highest BCUT2D eigenvalue weighted by molar-refractivity contribution is 5.29. The largest absolute Gasteiger partial charge is 0.242 e. The zero-order valence-electron chi connectivity index (χ0n) is 7.30. The summed E-state index contributed by atoms with van der Waals surface area (Å²) in [6.07, 6.45) is 2.45. The van der Waals surface area contributed by atoms with Gasteiger partial charge in [0.05, 0.1) is 6.01 Å². The average Bonchev–Trinajstić information content (AvgIpc) is 2.08. The van der Waals surface area contributed by atoms with E-state index in [1.165, 1.54) is 24.4 Å². The average molecular weight is 162 g/mol. The van der Waals surface area contributed by atoms with Crippen LogP contribution in [0.5, 0.6) is 0 Å². The third-order valence-corrected chi connectivity index (χ3v) is 1.38. The minimum atomic E-state index is 1.21. The van der Waals surface area contributed by atoms with Crippen molar-refractivity contribution in [3.05, 3.63) is 35.9 Å². The van der Waals surface area contributed by atoms with Gasteiger partial charge in [0.15, 0.2) is 0 Å². The smallest absolute Gasteiger partial charge is 0.0831 e. The molecule has 1 aromatic rings. The van der Waals surface area contributed by atoms with Gasteiger partial charge in [-0.3, -0.25) is 0 Å². The van der Waals surface area contributed by atoms with Gasteiger partial charge in [-0.1, -0.05) is 43.7 Å². The van der Waals surface area contributed by atoms with Crippen LogP contribution in [-0.2, 0) is 6.42 Å². The lowest BCUT2D eigenvalue weighted by Crippen LogP contribution is -1.78. The van der Waals surface area contributed by atoms with Gasteiger partial charge in [-0.05, 0) is 12.0 Å². The fourth-order valence-corrected chi connectivity index (χ4v) is 0.933. The van der Waals surface area contributed by atoms with E-state index in [0.717, 1.165) is 0 Å². The molecule has 64 valence electrons. The molecule has 12 heavy (non-hydrogen) atoms. The molecule has 0 saturated heterocycles. The summed E-state index contributed by atoms with van der Waals surface area (Å²) in [6, 6.07) is 11.8. The highest BCUT2D eigenvalue weighted by atomic mass is 14.4. The maximum Gasteiger partial charge on any atom is 0.0831 e. The SMILES string of the molecule is CCCc1ccccc1.N=C=N. The Hall–Kier alpha value is -1.40. The summed E-state index contributed by atoms with van der Waals surface area (Å²) in [4.78, 5) is 0. The van der Waals surface area contributed by atoms with Gasteiger partial charge in [0, 0.05) is 0 Å². The van der Waals surface area contributed by atoms with Crippen molar-refractivity contribution < 1.29 is 0 Å². The van der Waals surface area contributed by atoms with Crippen molar-refractivity contribution in [1.82, 2.24) is 0 Å². The summed E-state index contributed by atoms with van der Waals surface area (Å²) in [7, 11) is 0. The maximum absolute atomic E-state index is 5.62. The van der Waals surface area contributed by atoms with E-state index in [9.17, 15) is 0 Å². The van der Waals surface area contributed by atoms with E-state index in [0.29, 0.717) is 0 Å². The van der Waals surface area contributed by atoms with Crippen molar-refractivity contribution in [3.8, 4) is 0 Å². The van der Waals surface area contributed by atoms with Gasteiger partial charge in [0.1, 0.15) is 0 Å². The van der Waals surface area contributed by atoms with E-state index < -0.39 is 0 Å². The Morgan fingerprint density at radius 3 is 2.08 bits per heavy atom. The van der Waals surface area contributed by atoms with Crippen LogP contribution >= 0.6 is 0 Å². The van der Waals surface area contributed by atoms with E-state index in [2.05, 4.69) is 37.3 Å². The number of aryl methyl sites for hydroxylation is 1. The van der Waals surface area contributed by atoms with Gasteiger partial charge in [-0.2, -0.15) is 0 Å². The van der Waals surface area contributed by atoms with E-state index in [1.807, 2.05) is 0 Å². The molecular weight excluding hydrogens is 148 g/mol. The first-order chi connectivity index (χ1) is 5.85. The van der Waals surface area contributed by atoms with Crippen LogP contribution in [0.25, 0.3) is 0 Å². The zero-order valence-corrected chi connectivity index (χ0v) is 7.30. The summed E-state index contributed by atoms with van der Waals surface area (Å²) >= 11 is 0. The Labute approximate surface area is 73.3 Å². The monoisotopic (exact) mass is 162 g/mol. The van der Waals surface area contributed by atoms with Gasteiger partial charge in [0.2, 0.25) is 0 Å². The minimum absolute atomic E-state index is 1.21. The fraction of sp³-hybridized carbons (Fsp3) is 0.300. The molecule has 0 aliphatic carbocycles. The number of nitrogens with one attached hydrogen (secondary N) is 2. The summed E-state index contributed by atoms with van der Waals surface area (Å²) in [5, 5.41) is 11.2. The first-order valence-corrected chi connectivity index (χ1v) is 3.97. The summed E-state index contributed by atoms with van der Waals surface area (Å²) in [5.41, 5.74) is 1.44. The molecule has 0 radical (unpaired) electrons. The Morgan fingerprint density at radius 1 is 1.17 bits per heavy atom. The molecule has 2 heteroatoms. The molecule has 0 unspecified atom stereocenters. The van der Waals surface area contributed by atoms with Crippen molar-refractivity contribution in [1.29, 1.82) is 10.8 Å². The molecule has 0 fully saturated rings. The van der Waals surface area contributed by atoms with Crippen LogP contribution in [0.3, 0.4) is 0 Å². The van der Waals surface area contributed by atoms with E-state index >= 15 is 0 Å². The molecule has 0 spiro atoms. The van der Waals surface area contributed by atoms with Crippen LogP contribution in [-0.4, -0.2) is 6.01 Å². The Balaban J connectivity index is 0.000000354. The molecule has 2 nitrogen and oxygen atoms in total. The topological polar surface area (TPSA) is 47.7 Å². The molecule has 0 heterocycles. The standard InChI is InChI=1S/C9H12.CH2N2/c1-2-6-9-7-4-3-5-8-9;2-1-3/h3-5,7-8H,2,6H2,1H3;2-3H. The molecular formula is C10H14N2. The van der Waals surface area contributed by atoms with Crippen molar-refractivity contribution in [2.45, 2.75) is 19.8 Å². The first kappa shape index (κ1) is 10.6. The van der Waals surface area contributed by atoms with Gasteiger partial charge in [0.25, 0.3) is 0 Å². The number of hydrogen-bond donors (Lipinski definition) is 2. The van der Waals surface area contributed by atoms with E-state index in [1.54, 1.807) is 0 Å². The second-order valence-corrected chi connectivity index (χ2v) is 2.36. The number of rotatable bonds is 2. The zero-order chi connectivity index (χ0) is 9.23. The molecule has 0 aliphatic heterocycles. The summed E-state index contributed by atoms with van der Waals surface area (Å²) in [5.74, 6) is 0. The second-order valence-electron chi connectivity index (χ2n) is 2.36. The van der Waals surface area contributed by atoms with Crippen LogP contribution in [0.4, 0.5) is 0 Å². The predicted octanol–water partition coefficient (Wildman–Crippen LogP) is 2.96. The molecule has 0 bridgehead atoms. The van der Waals surface area contributed by atoms with E-state index in [4.69, 9.17) is 10.8 Å². The second kappa shape index (κ2) is 7.70. The molecule has 1 rings (SSSR count). The fourth-order valence-electron chi connectivity index (χ4n) is 0.933. The quantitative estimate of drug-likeness (QED) is 0.628. The maximum atomic E-state index is 5.62. The highest BCUT2D eigenvalue weighted by Crippen LogP contribution is 2.00. The molecule has 0 aromatic heterocycles. The third-order valence-electron chi connectivity index (χ3n) is 1.38. The van der Waals surface area contributed by atoms with Gasteiger partial charge in [-0.15, -0.1) is 0 Å². The van der Waals surface area contributed by atoms with Crippen molar-refractivity contribution in [3.63, 3.8) is 0 Å². The molecule has 0 amide bonds. The van der Waals surface area contributed by atoms with Crippen molar-refractivity contribution >= 4 is 6.01 Å². The van der Waals surface area contributed by atoms with Gasteiger partial charge < -0.3 is 0 Å². The third kappa shape index (κ3) is 5.39. The van der Waals surface area contributed by atoms with Crippen LogP contribution in [0.1, 0.15) is 18.9 Å². The molecule has 0 aliphatic rings. The minimum Gasteiger partial charge on any atom is -0.242 e. The van der Waals surface area contributed by atoms with Crippen molar-refractivity contribution in [2.75, 3.05) is 0 Å².